The van der Waals surface area contributed by atoms with Crippen molar-refractivity contribution in [3.8, 4) is 0 Å². The summed E-state index contributed by atoms with van der Waals surface area (Å²) in [7, 11) is 0. The monoisotopic (exact) mass is 331 g/mol. The molecule has 0 aromatic carbocycles. The second-order valence-electron chi connectivity index (χ2n) is 2.57. The fourth-order valence-electron chi connectivity index (χ4n) is 0.919. The van der Waals surface area contributed by atoms with Crippen LogP contribution in [0.4, 0.5) is 8.78 Å². The zero-order chi connectivity index (χ0) is 10.9. The van der Waals surface area contributed by atoms with Crippen LogP contribution in [0.3, 0.4) is 0 Å². The normalized spacial score (nSPS) is 10.7. The van der Waals surface area contributed by atoms with E-state index < -0.39 is 17.2 Å². The molecule has 0 fully saturated rings. The molecule has 0 radical (unpaired) electrons. The van der Waals surface area contributed by atoms with Gasteiger partial charge in [-0.2, -0.15) is 0 Å². The summed E-state index contributed by atoms with van der Waals surface area (Å²) in [6, 6.07) is 1.23. The number of hydrogen-bond acceptors (Lipinski definition) is 2. The topological polar surface area (TPSA) is 30.0 Å². The largest absolute Gasteiger partial charge is 0.274 e. The summed E-state index contributed by atoms with van der Waals surface area (Å²) in [6.07, 6.45) is -2.74. The van der Waals surface area contributed by atoms with Crippen LogP contribution in [0.15, 0.2) is 6.07 Å². The Kier molecular flexibility index (Phi) is 3.77. The second-order valence-corrected chi connectivity index (χ2v) is 4.07. The van der Waals surface area contributed by atoms with E-state index in [-0.39, 0.29) is 5.69 Å². The number of halogens is 4. The first kappa shape index (κ1) is 11.8. The predicted octanol–water partition coefficient (Wildman–Crippen LogP) is 3.31. The molecule has 1 rings (SSSR count). The van der Waals surface area contributed by atoms with E-state index in [1.807, 2.05) is 22.6 Å². The molecule has 0 N–H and O–H groups in total. The third-order valence-electron chi connectivity index (χ3n) is 1.60. The molecule has 14 heavy (non-hydrogen) atoms. The molecule has 1 heterocycles. The van der Waals surface area contributed by atoms with E-state index in [0.29, 0.717) is 9.26 Å². The maximum absolute atomic E-state index is 12.4. The molecule has 0 amide bonds. The Morgan fingerprint density at radius 1 is 1.64 bits per heavy atom. The van der Waals surface area contributed by atoms with Gasteiger partial charge in [0.15, 0.2) is 0 Å². The number of aryl methyl sites for hydroxylation is 1. The van der Waals surface area contributed by atoms with E-state index in [1.165, 1.54) is 6.07 Å². The second kappa shape index (κ2) is 4.48. The SMILES string of the molecule is Cc1nc(C(=O)Cl)c(C(F)F)cc1I. The van der Waals surface area contributed by atoms with Crippen molar-refractivity contribution in [3.63, 3.8) is 0 Å². The van der Waals surface area contributed by atoms with Gasteiger partial charge in [-0.15, -0.1) is 0 Å². The number of hydrogen-bond donors (Lipinski definition) is 0. The van der Waals surface area contributed by atoms with E-state index in [9.17, 15) is 13.6 Å². The molecule has 1 aromatic rings. The van der Waals surface area contributed by atoms with Crippen LogP contribution in [0.1, 0.15) is 28.2 Å². The van der Waals surface area contributed by atoms with Crippen molar-refractivity contribution in [2.24, 2.45) is 0 Å². The van der Waals surface area contributed by atoms with E-state index in [1.54, 1.807) is 6.92 Å². The Hall–Kier alpha value is -0.300. The Bertz CT molecular complexity index is 384. The van der Waals surface area contributed by atoms with Crippen LogP contribution in [-0.4, -0.2) is 10.2 Å². The van der Waals surface area contributed by atoms with Crippen LogP contribution in [0, 0.1) is 10.5 Å². The maximum atomic E-state index is 12.4. The Balaban J connectivity index is 3.39. The highest BCUT2D eigenvalue weighted by molar-refractivity contribution is 14.1. The quantitative estimate of drug-likeness (QED) is 0.615. The molecule has 0 saturated carbocycles. The standard InChI is InChI=1S/C8H5ClF2INO/c1-3-5(12)2-4(8(10)11)6(13-3)7(9)14/h2,8H,1H3. The number of carbonyl (C=O) groups is 1. The molecule has 0 atom stereocenters. The lowest BCUT2D eigenvalue weighted by molar-refractivity contribution is 0.106. The molecule has 76 valence electrons. The number of carbonyl (C=O) groups excluding carboxylic acids is 1. The summed E-state index contributed by atoms with van der Waals surface area (Å²) in [5, 5.41) is -0.959. The van der Waals surface area contributed by atoms with E-state index in [4.69, 9.17) is 11.6 Å². The summed E-state index contributed by atoms with van der Waals surface area (Å²) >= 11 is 7.01. The van der Waals surface area contributed by atoms with E-state index in [0.717, 1.165) is 0 Å². The van der Waals surface area contributed by atoms with Gasteiger partial charge in [-0.1, -0.05) is 0 Å². The van der Waals surface area contributed by atoms with Gasteiger partial charge in [0.1, 0.15) is 5.69 Å². The van der Waals surface area contributed by atoms with Crippen LogP contribution in [-0.2, 0) is 0 Å². The molecule has 0 spiro atoms. The molecule has 0 unspecified atom stereocenters. The predicted molar refractivity (Wildman–Crippen MR) is 56.8 cm³/mol. The molecular weight excluding hydrogens is 326 g/mol. The Morgan fingerprint density at radius 2 is 2.21 bits per heavy atom. The highest BCUT2D eigenvalue weighted by atomic mass is 127. The fourth-order valence-corrected chi connectivity index (χ4v) is 1.53. The molecule has 2 nitrogen and oxygen atoms in total. The van der Waals surface area contributed by atoms with Gasteiger partial charge in [-0.3, -0.25) is 4.79 Å². The zero-order valence-electron chi connectivity index (χ0n) is 7.02. The van der Waals surface area contributed by atoms with Crippen LogP contribution < -0.4 is 0 Å². The van der Waals surface area contributed by atoms with E-state index >= 15 is 0 Å². The average molecular weight is 331 g/mol. The van der Waals surface area contributed by atoms with Crippen LogP contribution in [0.2, 0.25) is 0 Å². The van der Waals surface area contributed by atoms with Gasteiger partial charge < -0.3 is 0 Å². The summed E-state index contributed by atoms with van der Waals surface area (Å²) in [6.45, 7) is 1.63. The van der Waals surface area contributed by atoms with Gasteiger partial charge >= 0.3 is 0 Å². The lowest BCUT2D eigenvalue weighted by Gasteiger charge is -2.06. The minimum absolute atomic E-state index is 0.361. The Morgan fingerprint density at radius 3 is 2.64 bits per heavy atom. The lowest BCUT2D eigenvalue weighted by Crippen LogP contribution is -2.05. The van der Waals surface area contributed by atoms with Gasteiger partial charge in [0.05, 0.1) is 5.69 Å². The van der Waals surface area contributed by atoms with Crippen molar-refractivity contribution in [2.75, 3.05) is 0 Å². The van der Waals surface area contributed by atoms with Gasteiger partial charge in [-0.25, -0.2) is 13.8 Å². The van der Waals surface area contributed by atoms with Gasteiger partial charge in [0, 0.05) is 9.13 Å². The van der Waals surface area contributed by atoms with Crippen molar-refractivity contribution in [1.29, 1.82) is 0 Å². The third-order valence-corrected chi connectivity index (χ3v) is 2.87. The molecule has 6 heteroatoms. The number of aromatic nitrogens is 1. The zero-order valence-corrected chi connectivity index (χ0v) is 9.94. The minimum atomic E-state index is -2.74. The molecule has 0 aliphatic rings. The van der Waals surface area contributed by atoms with Gasteiger partial charge in [0.2, 0.25) is 0 Å². The fraction of sp³-hybridized carbons (Fsp3) is 0.250. The highest BCUT2D eigenvalue weighted by Crippen LogP contribution is 2.25. The summed E-state index contributed by atoms with van der Waals surface area (Å²) in [5.41, 5.74) is -0.265. The van der Waals surface area contributed by atoms with Crippen molar-refractivity contribution >= 4 is 39.4 Å². The molecular formula is C8H5ClF2INO. The Labute approximate surface area is 97.8 Å². The van der Waals surface area contributed by atoms with Crippen LogP contribution in [0.5, 0.6) is 0 Å². The number of alkyl halides is 2. The smallest absolute Gasteiger partial charge is 0.271 e. The van der Waals surface area contributed by atoms with Gasteiger partial charge in [0.25, 0.3) is 11.7 Å². The first-order valence-electron chi connectivity index (χ1n) is 3.58. The van der Waals surface area contributed by atoms with Crippen LogP contribution in [0.25, 0.3) is 0 Å². The highest BCUT2D eigenvalue weighted by Gasteiger charge is 2.20. The first-order valence-corrected chi connectivity index (χ1v) is 5.04. The van der Waals surface area contributed by atoms with Crippen molar-refractivity contribution in [1.82, 2.24) is 4.98 Å². The maximum Gasteiger partial charge on any atom is 0.271 e. The first-order chi connectivity index (χ1) is 6.43. The molecule has 1 aromatic heterocycles. The van der Waals surface area contributed by atoms with Crippen molar-refractivity contribution < 1.29 is 13.6 Å². The molecule has 0 aliphatic heterocycles. The summed E-state index contributed by atoms with van der Waals surface area (Å²) < 4.78 is 25.5. The van der Waals surface area contributed by atoms with Crippen molar-refractivity contribution in [2.45, 2.75) is 13.3 Å². The number of nitrogens with zero attached hydrogens (tertiary/aromatic N) is 1. The lowest BCUT2D eigenvalue weighted by atomic mass is 10.2. The van der Waals surface area contributed by atoms with E-state index in [2.05, 4.69) is 4.98 Å². The minimum Gasteiger partial charge on any atom is -0.274 e. The third kappa shape index (κ3) is 2.38. The summed E-state index contributed by atoms with van der Waals surface area (Å²) in [5.74, 6) is 0. The molecule has 0 aliphatic carbocycles. The van der Waals surface area contributed by atoms with Crippen molar-refractivity contribution in [3.05, 3.63) is 26.6 Å². The molecule has 0 saturated heterocycles. The average Bonchev–Trinajstić information content (AvgIpc) is 2.08. The molecule has 0 bridgehead atoms. The van der Waals surface area contributed by atoms with Crippen LogP contribution >= 0.6 is 34.2 Å². The van der Waals surface area contributed by atoms with Gasteiger partial charge in [-0.05, 0) is 47.2 Å². The summed E-state index contributed by atoms with van der Waals surface area (Å²) in [4.78, 5) is 14.5. The number of pyridine rings is 1. The number of rotatable bonds is 2.